The van der Waals surface area contributed by atoms with Crippen LogP contribution in [0.5, 0.6) is 0 Å². The van der Waals surface area contributed by atoms with Crippen LogP contribution in [0.25, 0.3) is 0 Å². The zero-order valence-electron chi connectivity index (χ0n) is 10.4. The molecule has 0 bridgehead atoms. The third-order valence-electron chi connectivity index (χ3n) is 4.13. The minimum absolute atomic E-state index is 0.155. The van der Waals surface area contributed by atoms with Gasteiger partial charge >= 0.3 is 5.97 Å². The molecule has 0 saturated carbocycles. The Balaban J connectivity index is 2.11. The smallest absolute Gasteiger partial charge is 0.326 e. The van der Waals surface area contributed by atoms with E-state index in [1.165, 1.54) is 11.1 Å². The lowest BCUT2D eigenvalue weighted by Crippen LogP contribution is -2.42. The number of hydrogen-bond acceptors (Lipinski definition) is 2. The van der Waals surface area contributed by atoms with Crippen molar-refractivity contribution in [1.29, 1.82) is 0 Å². The molecule has 0 fully saturated rings. The van der Waals surface area contributed by atoms with E-state index < -0.39 is 12.0 Å². The van der Waals surface area contributed by atoms with Crippen molar-refractivity contribution in [1.82, 2.24) is 0 Å². The van der Waals surface area contributed by atoms with E-state index in [0.717, 1.165) is 18.5 Å². The van der Waals surface area contributed by atoms with E-state index in [9.17, 15) is 9.90 Å². The summed E-state index contributed by atoms with van der Waals surface area (Å²) in [5.41, 5.74) is 3.50. The molecule has 0 saturated heterocycles. The molecule has 1 aromatic carbocycles. The Bertz CT molecular complexity index is 521. The van der Waals surface area contributed by atoms with Gasteiger partial charge in [0, 0.05) is 17.5 Å². The van der Waals surface area contributed by atoms with E-state index in [1.807, 2.05) is 0 Å². The van der Waals surface area contributed by atoms with Gasteiger partial charge in [0.15, 0.2) is 0 Å². The van der Waals surface area contributed by atoms with Gasteiger partial charge < -0.3 is 10.4 Å². The number of anilines is 1. The van der Waals surface area contributed by atoms with Gasteiger partial charge in [-0.15, -0.1) is 0 Å². The Kier molecular flexibility index (Phi) is 2.62. The number of para-hydroxylation sites is 1. The summed E-state index contributed by atoms with van der Waals surface area (Å²) in [4.78, 5) is 11.4. The fraction of sp³-hybridized carbons (Fsp3) is 0.400. The van der Waals surface area contributed by atoms with Gasteiger partial charge in [0.05, 0.1) is 0 Å². The number of carboxylic acid groups (broad SMARTS) is 1. The molecule has 2 N–H and O–H groups in total. The first-order valence-corrected chi connectivity index (χ1v) is 6.50. The summed E-state index contributed by atoms with van der Waals surface area (Å²) < 4.78 is 0. The monoisotopic (exact) mass is 243 g/mol. The zero-order chi connectivity index (χ0) is 12.7. The van der Waals surface area contributed by atoms with E-state index in [-0.39, 0.29) is 11.8 Å². The Morgan fingerprint density at radius 1 is 1.50 bits per heavy atom. The van der Waals surface area contributed by atoms with Crippen LogP contribution in [0.15, 0.2) is 30.4 Å². The number of carbonyl (C=O) groups is 1. The lowest BCUT2D eigenvalue weighted by molar-refractivity contribution is -0.139. The molecule has 3 atom stereocenters. The maximum Gasteiger partial charge on any atom is 0.326 e. The minimum Gasteiger partial charge on any atom is -0.480 e. The second-order valence-electron chi connectivity index (χ2n) is 5.05. The van der Waals surface area contributed by atoms with E-state index in [4.69, 9.17) is 0 Å². The molecule has 0 unspecified atom stereocenters. The number of aryl methyl sites for hydroxylation is 1. The maximum absolute atomic E-state index is 11.4. The van der Waals surface area contributed by atoms with Crippen LogP contribution in [0, 0.1) is 5.92 Å². The minimum atomic E-state index is -0.745. The Morgan fingerprint density at radius 2 is 2.33 bits per heavy atom. The highest BCUT2D eigenvalue weighted by atomic mass is 16.4. The molecule has 3 nitrogen and oxygen atoms in total. The molecule has 18 heavy (non-hydrogen) atoms. The van der Waals surface area contributed by atoms with Gasteiger partial charge in [-0.05, 0) is 24.0 Å². The van der Waals surface area contributed by atoms with Gasteiger partial charge in [0.2, 0.25) is 0 Å². The molecule has 1 aliphatic heterocycles. The molecule has 0 spiro atoms. The van der Waals surface area contributed by atoms with Gasteiger partial charge in [-0.2, -0.15) is 0 Å². The summed E-state index contributed by atoms with van der Waals surface area (Å²) in [6, 6.07) is 5.80. The first-order chi connectivity index (χ1) is 8.72. The fourth-order valence-corrected chi connectivity index (χ4v) is 3.23. The van der Waals surface area contributed by atoms with Gasteiger partial charge in [0.25, 0.3) is 0 Å². The van der Waals surface area contributed by atoms with E-state index >= 15 is 0 Å². The van der Waals surface area contributed by atoms with Gasteiger partial charge in [-0.3, -0.25) is 0 Å². The summed E-state index contributed by atoms with van der Waals surface area (Å²) in [5, 5.41) is 12.6. The molecule has 3 heteroatoms. The van der Waals surface area contributed by atoms with Gasteiger partial charge in [-0.25, -0.2) is 4.79 Å². The third-order valence-corrected chi connectivity index (χ3v) is 4.13. The normalized spacial score (nSPS) is 28.4. The SMILES string of the molecule is CCc1cccc2c1N[C@@H](C(=O)O)[C@H]1CC=C[C@@H]21. The average molecular weight is 243 g/mol. The number of benzene rings is 1. The summed E-state index contributed by atoms with van der Waals surface area (Å²) in [6.45, 7) is 2.10. The van der Waals surface area contributed by atoms with E-state index in [1.54, 1.807) is 0 Å². The van der Waals surface area contributed by atoms with E-state index in [0.29, 0.717) is 0 Å². The number of carboxylic acids is 1. The topological polar surface area (TPSA) is 49.3 Å². The number of hydrogen-bond donors (Lipinski definition) is 2. The molecule has 1 aromatic rings. The van der Waals surface area contributed by atoms with Gasteiger partial charge in [0.1, 0.15) is 6.04 Å². The van der Waals surface area contributed by atoms with Crippen LogP contribution in [0.3, 0.4) is 0 Å². The number of rotatable bonds is 2. The first-order valence-electron chi connectivity index (χ1n) is 6.50. The van der Waals surface area contributed by atoms with Crippen molar-refractivity contribution in [3.8, 4) is 0 Å². The van der Waals surface area contributed by atoms with Crippen molar-refractivity contribution in [3.63, 3.8) is 0 Å². The van der Waals surface area contributed by atoms with Gasteiger partial charge in [-0.1, -0.05) is 37.3 Å². The van der Waals surface area contributed by atoms with Crippen LogP contribution in [-0.2, 0) is 11.2 Å². The summed E-state index contributed by atoms with van der Waals surface area (Å²) >= 11 is 0. The van der Waals surface area contributed by atoms with E-state index in [2.05, 4.69) is 42.6 Å². The highest BCUT2D eigenvalue weighted by molar-refractivity contribution is 5.81. The number of fused-ring (bicyclic) bond motifs is 3. The summed E-state index contributed by atoms with van der Waals surface area (Å²) in [5.74, 6) is -0.332. The molecular formula is C15H17NO2. The lowest BCUT2D eigenvalue weighted by atomic mass is 9.78. The summed E-state index contributed by atoms with van der Waals surface area (Å²) in [6.07, 6.45) is 6.05. The first kappa shape index (κ1) is 11.3. The van der Waals surface area contributed by atoms with Crippen molar-refractivity contribution >= 4 is 11.7 Å². The average Bonchev–Trinajstić information content (AvgIpc) is 2.86. The predicted molar refractivity (Wildman–Crippen MR) is 70.9 cm³/mol. The standard InChI is InChI=1S/C15H17NO2/c1-2-9-5-3-7-11-10-6-4-8-12(10)14(15(17)18)16-13(9)11/h3-7,10,12,14,16H,2,8H2,1H3,(H,17,18)/t10-,12-,14+/m0/s1. The lowest BCUT2D eigenvalue weighted by Gasteiger charge is -2.35. The number of aliphatic carboxylic acids is 1. The van der Waals surface area contributed by atoms with Crippen molar-refractivity contribution in [3.05, 3.63) is 41.5 Å². The molecule has 1 heterocycles. The zero-order valence-corrected chi connectivity index (χ0v) is 10.4. The quantitative estimate of drug-likeness (QED) is 0.785. The van der Waals surface area contributed by atoms with Crippen LogP contribution in [0.2, 0.25) is 0 Å². The molecule has 0 aromatic heterocycles. The Morgan fingerprint density at radius 3 is 3.06 bits per heavy atom. The summed E-state index contributed by atoms with van der Waals surface area (Å²) in [7, 11) is 0. The Labute approximate surface area is 107 Å². The largest absolute Gasteiger partial charge is 0.480 e. The Hall–Kier alpha value is -1.77. The molecule has 0 radical (unpaired) electrons. The van der Waals surface area contributed by atoms with Crippen LogP contribution >= 0.6 is 0 Å². The third kappa shape index (κ3) is 1.54. The number of allylic oxidation sites excluding steroid dienone is 2. The predicted octanol–water partition coefficient (Wildman–Crippen LogP) is 2.79. The fourth-order valence-electron chi connectivity index (χ4n) is 3.23. The van der Waals surface area contributed by atoms with Crippen molar-refractivity contribution < 1.29 is 9.90 Å². The molecule has 0 amide bonds. The molecular weight excluding hydrogens is 226 g/mol. The second kappa shape index (κ2) is 4.16. The van der Waals surface area contributed by atoms with Crippen molar-refractivity contribution in [2.24, 2.45) is 5.92 Å². The van der Waals surface area contributed by atoms with Crippen LogP contribution in [0.1, 0.15) is 30.4 Å². The number of nitrogens with one attached hydrogen (secondary N) is 1. The maximum atomic E-state index is 11.4. The molecule has 2 aliphatic rings. The van der Waals surface area contributed by atoms with Crippen LogP contribution < -0.4 is 5.32 Å². The molecule has 1 aliphatic carbocycles. The molecule has 3 rings (SSSR count). The highest BCUT2D eigenvalue weighted by Gasteiger charge is 2.41. The molecule has 94 valence electrons. The van der Waals surface area contributed by atoms with Crippen molar-refractivity contribution in [2.75, 3.05) is 5.32 Å². The highest BCUT2D eigenvalue weighted by Crippen LogP contribution is 2.45. The van der Waals surface area contributed by atoms with Crippen molar-refractivity contribution in [2.45, 2.75) is 31.7 Å². The van der Waals surface area contributed by atoms with Crippen LogP contribution in [-0.4, -0.2) is 17.1 Å². The van der Waals surface area contributed by atoms with Crippen LogP contribution in [0.4, 0.5) is 5.69 Å². The second-order valence-corrected chi connectivity index (χ2v) is 5.05.